The minimum atomic E-state index is -1.88. The molecule has 2 aromatic rings. The number of benzene rings is 1. The van der Waals surface area contributed by atoms with Gasteiger partial charge in [0.1, 0.15) is 10.9 Å². The van der Waals surface area contributed by atoms with Crippen LogP contribution in [0.25, 0.3) is 11.1 Å². The van der Waals surface area contributed by atoms with Crippen molar-refractivity contribution in [1.29, 1.82) is 0 Å². The molecule has 0 amide bonds. The lowest BCUT2D eigenvalue weighted by Gasteiger charge is -2.14. The van der Waals surface area contributed by atoms with E-state index in [9.17, 15) is 4.21 Å². The monoisotopic (exact) mass is 297 g/mol. The molecule has 2 unspecified atom stereocenters. The van der Waals surface area contributed by atoms with Crippen molar-refractivity contribution in [1.82, 2.24) is 15.8 Å². The van der Waals surface area contributed by atoms with Gasteiger partial charge in [0.25, 0.3) is 0 Å². The Morgan fingerprint density at radius 3 is 2.95 bits per heavy atom. The van der Waals surface area contributed by atoms with Gasteiger partial charge >= 0.3 is 0 Å². The van der Waals surface area contributed by atoms with Crippen LogP contribution in [0.1, 0.15) is 25.7 Å². The normalized spacial score (nSPS) is 14.5. The van der Waals surface area contributed by atoms with Gasteiger partial charge in [-0.15, -0.1) is 0 Å². The highest BCUT2D eigenvalue weighted by Crippen LogP contribution is 2.14. The van der Waals surface area contributed by atoms with E-state index in [0.717, 1.165) is 17.5 Å². The Bertz CT molecular complexity index is 540. The van der Waals surface area contributed by atoms with Crippen LogP contribution in [0.5, 0.6) is 0 Å². The summed E-state index contributed by atoms with van der Waals surface area (Å²) in [5.74, 6) is 0.651. The maximum Gasteiger partial charge on any atom is 0.196 e. The number of rotatable bonds is 8. The topological polar surface area (TPSA) is 87.4 Å². The SMILES string of the molecule is CCCC(NNCCc1nc2ccccc2o1)S(=O)O. The molecule has 110 valence electrons. The van der Waals surface area contributed by atoms with Crippen molar-refractivity contribution in [2.24, 2.45) is 0 Å². The summed E-state index contributed by atoms with van der Waals surface area (Å²) >= 11 is -1.88. The highest BCUT2D eigenvalue weighted by Gasteiger charge is 2.12. The fraction of sp³-hybridized carbons (Fsp3) is 0.462. The van der Waals surface area contributed by atoms with Gasteiger partial charge in [0.15, 0.2) is 22.6 Å². The summed E-state index contributed by atoms with van der Waals surface area (Å²) < 4.78 is 25.7. The first-order valence-electron chi connectivity index (χ1n) is 6.63. The van der Waals surface area contributed by atoms with Crippen molar-refractivity contribution in [3.63, 3.8) is 0 Å². The van der Waals surface area contributed by atoms with E-state index < -0.39 is 16.5 Å². The van der Waals surface area contributed by atoms with E-state index in [4.69, 9.17) is 8.97 Å². The predicted molar refractivity (Wildman–Crippen MR) is 78.3 cm³/mol. The molecule has 0 fully saturated rings. The van der Waals surface area contributed by atoms with Crippen molar-refractivity contribution in [3.8, 4) is 0 Å². The Hall–Kier alpha value is -1.28. The average molecular weight is 297 g/mol. The zero-order chi connectivity index (χ0) is 14.4. The van der Waals surface area contributed by atoms with Crippen LogP contribution in [0.4, 0.5) is 0 Å². The summed E-state index contributed by atoms with van der Waals surface area (Å²) in [6, 6.07) is 7.60. The van der Waals surface area contributed by atoms with Crippen molar-refractivity contribution >= 4 is 22.2 Å². The molecule has 20 heavy (non-hydrogen) atoms. The first-order valence-corrected chi connectivity index (χ1v) is 7.80. The van der Waals surface area contributed by atoms with Gasteiger partial charge in [-0.1, -0.05) is 25.5 Å². The third kappa shape index (κ3) is 4.11. The van der Waals surface area contributed by atoms with Crippen LogP contribution in [0.15, 0.2) is 28.7 Å². The van der Waals surface area contributed by atoms with E-state index in [1.807, 2.05) is 31.2 Å². The highest BCUT2D eigenvalue weighted by molar-refractivity contribution is 7.79. The second kappa shape index (κ2) is 7.49. The molecule has 6 nitrogen and oxygen atoms in total. The molecular weight excluding hydrogens is 278 g/mol. The van der Waals surface area contributed by atoms with E-state index in [-0.39, 0.29) is 0 Å². The van der Waals surface area contributed by atoms with E-state index in [2.05, 4.69) is 15.8 Å². The molecule has 1 heterocycles. The highest BCUT2D eigenvalue weighted by atomic mass is 32.2. The third-order valence-corrected chi connectivity index (χ3v) is 3.70. The summed E-state index contributed by atoms with van der Waals surface area (Å²) in [7, 11) is 0. The van der Waals surface area contributed by atoms with Crippen molar-refractivity contribution in [2.75, 3.05) is 6.54 Å². The van der Waals surface area contributed by atoms with Gasteiger partial charge in [0.05, 0.1) is 0 Å². The number of para-hydroxylation sites is 2. The summed E-state index contributed by atoms with van der Waals surface area (Å²) in [5, 5.41) is -0.455. The molecule has 2 rings (SSSR count). The third-order valence-electron chi connectivity index (χ3n) is 2.86. The largest absolute Gasteiger partial charge is 0.441 e. The zero-order valence-corrected chi connectivity index (χ0v) is 12.2. The maximum absolute atomic E-state index is 11.0. The van der Waals surface area contributed by atoms with E-state index >= 15 is 0 Å². The second-order valence-corrected chi connectivity index (χ2v) is 5.57. The van der Waals surface area contributed by atoms with E-state index in [1.54, 1.807) is 0 Å². The average Bonchev–Trinajstić information content (AvgIpc) is 2.84. The van der Waals surface area contributed by atoms with Gasteiger partial charge in [0.2, 0.25) is 0 Å². The molecule has 1 aromatic heterocycles. The number of nitrogens with one attached hydrogen (secondary N) is 2. The van der Waals surface area contributed by atoms with Gasteiger partial charge in [0, 0.05) is 13.0 Å². The molecule has 0 saturated heterocycles. The molecule has 0 aliphatic rings. The van der Waals surface area contributed by atoms with Gasteiger partial charge in [-0.05, 0) is 18.6 Å². The summed E-state index contributed by atoms with van der Waals surface area (Å²) in [5.41, 5.74) is 7.41. The van der Waals surface area contributed by atoms with Gasteiger partial charge in [-0.3, -0.25) is 5.43 Å². The van der Waals surface area contributed by atoms with Crippen molar-refractivity contribution < 1.29 is 13.2 Å². The van der Waals surface area contributed by atoms with Crippen LogP contribution in [-0.2, 0) is 17.5 Å². The Morgan fingerprint density at radius 2 is 2.25 bits per heavy atom. The predicted octanol–water partition coefficient (Wildman–Crippen LogP) is 1.81. The van der Waals surface area contributed by atoms with Crippen molar-refractivity contribution in [2.45, 2.75) is 31.6 Å². The number of fused-ring (bicyclic) bond motifs is 1. The summed E-state index contributed by atoms with van der Waals surface area (Å²) in [6.45, 7) is 2.55. The molecule has 0 aliphatic carbocycles. The maximum atomic E-state index is 11.0. The van der Waals surface area contributed by atoms with Crippen molar-refractivity contribution in [3.05, 3.63) is 30.2 Å². The number of oxazole rings is 1. The van der Waals surface area contributed by atoms with Crippen LogP contribution in [0.3, 0.4) is 0 Å². The quantitative estimate of drug-likeness (QED) is 0.391. The fourth-order valence-electron chi connectivity index (χ4n) is 1.87. The molecule has 0 radical (unpaired) electrons. The first kappa shape index (κ1) is 15.1. The number of aromatic nitrogens is 1. The Morgan fingerprint density at radius 1 is 1.45 bits per heavy atom. The molecule has 0 aliphatic heterocycles. The summed E-state index contributed by atoms with van der Waals surface area (Å²) in [6.07, 6.45) is 2.09. The molecule has 7 heteroatoms. The van der Waals surface area contributed by atoms with Crippen LogP contribution >= 0.6 is 0 Å². The van der Waals surface area contributed by atoms with Gasteiger partial charge < -0.3 is 8.97 Å². The molecule has 0 bridgehead atoms. The standard InChI is InChI=1S/C13H19N3O3S/c1-2-5-13(20(17)18)16-14-9-8-12-15-10-6-3-4-7-11(10)19-12/h3-4,6-7,13-14,16H,2,5,8-9H2,1H3,(H,17,18). The number of hydrogen-bond acceptors (Lipinski definition) is 5. The molecule has 3 N–H and O–H groups in total. The van der Waals surface area contributed by atoms with Crippen LogP contribution in [0, 0.1) is 0 Å². The minimum absolute atomic E-state index is 0.455. The zero-order valence-electron chi connectivity index (χ0n) is 11.3. The Kier molecular flexibility index (Phi) is 5.66. The number of hydrogen-bond donors (Lipinski definition) is 3. The second-order valence-electron chi connectivity index (χ2n) is 4.45. The fourth-order valence-corrected chi connectivity index (χ4v) is 2.49. The Balaban J connectivity index is 1.79. The van der Waals surface area contributed by atoms with Crippen LogP contribution < -0.4 is 10.9 Å². The van der Waals surface area contributed by atoms with E-state index in [0.29, 0.717) is 25.3 Å². The molecule has 0 saturated carbocycles. The minimum Gasteiger partial charge on any atom is -0.441 e. The lowest BCUT2D eigenvalue weighted by Crippen LogP contribution is -2.43. The molecular formula is C13H19N3O3S. The molecule has 1 aromatic carbocycles. The van der Waals surface area contributed by atoms with Gasteiger partial charge in [-0.25, -0.2) is 14.6 Å². The van der Waals surface area contributed by atoms with Crippen LogP contribution in [-0.4, -0.2) is 25.7 Å². The molecule has 2 atom stereocenters. The lowest BCUT2D eigenvalue weighted by atomic mass is 10.3. The van der Waals surface area contributed by atoms with E-state index in [1.165, 1.54) is 0 Å². The first-order chi connectivity index (χ1) is 9.70. The lowest BCUT2D eigenvalue weighted by molar-refractivity contribution is 0.439. The number of hydrazine groups is 1. The van der Waals surface area contributed by atoms with Crippen LogP contribution in [0.2, 0.25) is 0 Å². The smallest absolute Gasteiger partial charge is 0.196 e. The summed E-state index contributed by atoms with van der Waals surface area (Å²) in [4.78, 5) is 4.36. The number of nitrogens with zero attached hydrogens (tertiary/aromatic N) is 1. The molecule has 0 spiro atoms. The van der Waals surface area contributed by atoms with Gasteiger partial charge in [-0.2, -0.15) is 0 Å². The Labute approximate surface area is 120 Å².